The van der Waals surface area contributed by atoms with Gasteiger partial charge in [0.15, 0.2) is 6.29 Å². The van der Waals surface area contributed by atoms with Crippen LogP contribution < -0.4 is 4.72 Å². The third-order valence-electron chi connectivity index (χ3n) is 2.39. The molecule has 0 unspecified atom stereocenters. The number of hydrogen-bond acceptors (Lipinski definition) is 9. The molecule has 0 aliphatic carbocycles. The maximum Gasteiger partial charge on any atom is 0.397 e. The molecule has 1 saturated heterocycles. The maximum atomic E-state index is 10.6. The second kappa shape index (κ2) is 6.14. The first-order valence-electron chi connectivity index (χ1n) is 4.97. The first-order chi connectivity index (χ1) is 8.94. The zero-order valence-corrected chi connectivity index (χ0v) is 11.2. The Labute approximate surface area is 113 Å². The minimum Gasteiger partial charge on any atom is -0.394 e. The van der Waals surface area contributed by atoms with Crippen LogP contribution in [0.1, 0.15) is 0 Å². The topological polar surface area (TPSA) is 200 Å². The minimum absolute atomic E-state index is 0.910. The van der Waals surface area contributed by atoms with E-state index in [0.717, 1.165) is 0 Å². The van der Waals surface area contributed by atoms with Crippen molar-refractivity contribution in [3.8, 4) is 0 Å². The van der Waals surface area contributed by atoms with E-state index in [-0.39, 0.29) is 0 Å². The zero-order valence-electron chi connectivity index (χ0n) is 9.60. The van der Waals surface area contributed by atoms with Crippen molar-refractivity contribution < 1.29 is 50.2 Å². The van der Waals surface area contributed by atoms with Gasteiger partial charge >= 0.3 is 20.7 Å². The Hall–Kier alpha value is -0.420. The van der Waals surface area contributed by atoms with Crippen molar-refractivity contribution in [3.05, 3.63) is 0 Å². The summed E-state index contributed by atoms with van der Waals surface area (Å²) < 4.78 is 69.7. The lowest BCUT2D eigenvalue weighted by molar-refractivity contribution is -0.246. The van der Waals surface area contributed by atoms with Gasteiger partial charge in [-0.3, -0.25) is 9.11 Å². The van der Waals surface area contributed by atoms with E-state index in [4.69, 9.17) is 14.2 Å². The minimum atomic E-state index is -5.06. The second-order valence-corrected chi connectivity index (χ2v) is 6.08. The van der Waals surface area contributed by atoms with E-state index in [2.05, 4.69) is 8.92 Å². The smallest absolute Gasteiger partial charge is 0.394 e. The highest BCUT2D eigenvalue weighted by Crippen LogP contribution is 2.23. The van der Waals surface area contributed by atoms with E-state index in [9.17, 15) is 27.0 Å². The third kappa shape index (κ3) is 4.85. The molecule has 0 saturated carbocycles. The van der Waals surface area contributed by atoms with Crippen LogP contribution in [0.2, 0.25) is 0 Å². The van der Waals surface area contributed by atoms with Crippen LogP contribution in [-0.2, 0) is 29.6 Å². The van der Waals surface area contributed by atoms with E-state index in [1.165, 1.54) is 4.72 Å². The number of nitrogens with one attached hydrogen (secondary N) is 1. The van der Waals surface area contributed by atoms with Crippen molar-refractivity contribution in [1.29, 1.82) is 0 Å². The van der Waals surface area contributed by atoms with Crippen LogP contribution >= 0.6 is 0 Å². The average Bonchev–Trinajstić information content (AvgIpc) is 2.25. The van der Waals surface area contributed by atoms with E-state index >= 15 is 0 Å². The zero-order chi connectivity index (χ0) is 15.7. The van der Waals surface area contributed by atoms with Gasteiger partial charge in [-0.2, -0.15) is 21.6 Å². The molecule has 1 heterocycles. The molecule has 0 aromatic carbocycles. The van der Waals surface area contributed by atoms with Gasteiger partial charge in [0, 0.05) is 0 Å². The average molecular weight is 339 g/mol. The van der Waals surface area contributed by atoms with Crippen molar-refractivity contribution in [2.24, 2.45) is 0 Å². The molecule has 0 amide bonds. The Bertz CT molecular complexity index is 529. The van der Waals surface area contributed by atoms with Gasteiger partial charge in [-0.15, -0.1) is 0 Å². The quantitative estimate of drug-likeness (QED) is 0.267. The first kappa shape index (κ1) is 17.6. The van der Waals surface area contributed by atoms with Gasteiger partial charge in [0.1, 0.15) is 24.4 Å². The Morgan fingerprint density at radius 3 is 2.10 bits per heavy atom. The Balaban J connectivity index is 3.01. The number of hydrogen-bond donors (Lipinski definition) is 6. The lowest BCUT2D eigenvalue weighted by Gasteiger charge is -2.40. The molecule has 0 aromatic rings. The van der Waals surface area contributed by atoms with Gasteiger partial charge in [-0.05, 0) is 0 Å². The molecule has 0 aromatic heterocycles. The highest BCUT2D eigenvalue weighted by Gasteiger charge is 2.48. The van der Waals surface area contributed by atoms with E-state index in [1.807, 2.05) is 0 Å². The summed E-state index contributed by atoms with van der Waals surface area (Å²) in [6, 6.07) is -1.89. The fraction of sp³-hybridized carbons (Fsp3) is 1.00. The molecule has 1 rings (SSSR count). The molecule has 0 bridgehead atoms. The molecule has 0 radical (unpaired) electrons. The van der Waals surface area contributed by atoms with Crippen molar-refractivity contribution >= 4 is 20.7 Å². The standard InChI is InChI=1S/C6H13NO11S2/c8-1-2-5(18-20(14,15)16)4(9)3(6(10)17-2)7-19(11,12)13/h2-10H,1H2,(H,11,12,13)(H,14,15,16)/t2-,3-,4-,5-,6-/m1/s1. The van der Waals surface area contributed by atoms with Gasteiger partial charge in [-0.25, -0.2) is 4.18 Å². The summed E-state index contributed by atoms with van der Waals surface area (Å²) >= 11 is 0. The normalized spacial score (nSPS) is 36.0. The van der Waals surface area contributed by atoms with Crippen LogP contribution in [0.4, 0.5) is 0 Å². The van der Waals surface area contributed by atoms with Crippen molar-refractivity contribution in [2.45, 2.75) is 30.6 Å². The Kier molecular flexibility index (Phi) is 5.41. The fourth-order valence-electron chi connectivity index (χ4n) is 1.64. The molecule has 1 aliphatic rings. The summed E-state index contributed by atoms with van der Waals surface area (Å²) in [4.78, 5) is 0. The largest absolute Gasteiger partial charge is 0.397 e. The van der Waals surface area contributed by atoms with Crippen molar-refractivity contribution in [3.63, 3.8) is 0 Å². The SMILES string of the molecule is O=S(=O)(O)N[C@@H]1[C@@H](O)[C@H](OS(=O)(=O)O)[C@@H](CO)O[C@H]1O. The number of ether oxygens (including phenoxy) is 1. The molecule has 20 heavy (non-hydrogen) atoms. The molecule has 12 nitrogen and oxygen atoms in total. The Morgan fingerprint density at radius 1 is 1.15 bits per heavy atom. The van der Waals surface area contributed by atoms with E-state index < -0.39 is 58.0 Å². The monoisotopic (exact) mass is 339 g/mol. The second-order valence-electron chi connectivity index (χ2n) is 3.85. The maximum absolute atomic E-state index is 10.6. The lowest BCUT2D eigenvalue weighted by Crippen LogP contribution is -2.64. The molecule has 120 valence electrons. The first-order valence-corrected chi connectivity index (χ1v) is 7.78. The summed E-state index contributed by atoms with van der Waals surface area (Å²) in [5, 5.41) is 28.1. The van der Waals surface area contributed by atoms with Gasteiger partial charge in [-0.1, -0.05) is 0 Å². The van der Waals surface area contributed by atoms with Crippen LogP contribution in [0.25, 0.3) is 0 Å². The van der Waals surface area contributed by atoms with Gasteiger partial charge in [0.2, 0.25) is 0 Å². The summed E-state index contributed by atoms with van der Waals surface area (Å²) in [6.45, 7) is -0.910. The molecular formula is C6H13NO11S2. The number of aliphatic hydroxyl groups is 3. The molecule has 6 N–H and O–H groups in total. The fourth-order valence-corrected chi connectivity index (χ4v) is 2.76. The van der Waals surface area contributed by atoms with Gasteiger partial charge in [0.25, 0.3) is 0 Å². The third-order valence-corrected chi connectivity index (χ3v) is 3.43. The van der Waals surface area contributed by atoms with Crippen LogP contribution in [0.3, 0.4) is 0 Å². The molecule has 1 fully saturated rings. The molecule has 1 aliphatic heterocycles. The van der Waals surface area contributed by atoms with E-state index in [0.29, 0.717) is 0 Å². The highest BCUT2D eigenvalue weighted by atomic mass is 32.3. The predicted molar refractivity (Wildman–Crippen MR) is 58.9 cm³/mol. The lowest BCUT2D eigenvalue weighted by atomic mass is 9.98. The molecule has 5 atom stereocenters. The number of aliphatic hydroxyl groups excluding tert-OH is 3. The van der Waals surface area contributed by atoms with Crippen LogP contribution in [-0.4, -0.2) is 78.5 Å². The van der Waals surface area contributed by atoms with Gasteiger partial charge in [0.05, 0.1) is 6.61 Å². The highest BCUT2D eigenvalue weighted by molar-refractivity contribution is 7.83. The predicted octanol–water partition coefficient (Wildman–Crippen LogP) is -3.99. The summed E-state index contributed by atoms with van der Waals surface area (Å²) in [5.74, 6) is 0. The molecular weight excluding hydrogens is 326 g/mol. The van der Waals surface area contributed by atoms with Crippen molar-refractivity contribution in [2.75, 3.05) is 6.61 Å². The summed E-state index contributed by atoms with van der Waals surface area (Å²) in [6.07, 6.45) is -7.55. The Morgan fingerprint density at radius 2 is 1.70 bits per heavy atom. The van der Waals surface area contributed by atoms with Crippen LogP contribution in [0.15, 0.2) is 0 Å². The summed E-state index contributed by atoms with van der Waals surface area (Å²) in [7, 11) is -9.92. The number of rotatable bonds is 5. The molecule has 0 spiro atoms. The van der Waals surface area contributed by atoms with Crippen LogP contribution in [0, 0.1) is 0 Å². The van der Waals surface area contributed by atoms with Crippen molar-refractivity contribution in [1.82, 2.24) is 4.72 Å². The van der Waals surface area contributed by atoms with Gasteiger partial charge < -0.3 is 20.1 Å². The molecule has 14 heteroatoms. The van der Waals surface area contributed by atoms with Crippen LogP contribution in [0.5, 0.6) is 0 Å². The summed E-state index contributed by atoms with van der Waals surface area (Å²) in [5.41, 5.74) is 0. The van der Waals surface area contributed by atoms with E-state index in [1.54, 1.807) is 0 Å².